The number of nitrogens with zero attached hydrogens (tertiary/aromatic N) is 1. The van der Waals surface area contributed by atoms with Crippen molar-refractivity contribution in [2.45, 2.75) is 13.8 Å². The Balaban J connectivity index is 4.56. The zero-order valence-electron chi connectivity index (χ0n) is 9.12. The first-order valence-corrected chi connectivity index (χ1v) is 4.70. The standard InChI is InChI=1S/C11H20N2O/c1-5-7-13(8-6-2)10(14)11(3,4)9-12/h5-6H,1-2,7-9,12H2,3-4H3. The third-order valence-corrected chi connectivity index (χ3v) is 2.08. The van der Waals surface area contributed by atoms with Crippen LogP contribution in [-0.2, 0) is 4.79 Å². The van der Waals surface area contributed by atoms with Crippen LogP contribution in [-0.4, -0.2) is 30.4 Å². The molecule has 3 heteroatoms. The quantitative estimate of drug-likeness (QED) is 0.648. The first-order valence-electron chi connectivity index (χ1n) is 4.70. The fraction of sp³-hybridized carbons (Fsp3) is 0.545. The molecule has 0 aromatic heterocycles. The fourth-order valence-electron chi connectivity index (χ4n) is 1.07. The van der Waals surface area contributed by atoms with Crippen molar-refractivity contribution in [2.75, 3.05) is 19.6 Å². The molecule has 1 amide bonds. The second kappa shape index (κ2) is 5.60. The van der Waals surface area contributed by atoms with Gasteiger partial charge in [0.1, 0.15) is 0 Å². The van der Waals surface area contributed by atoms with Gasteiger partial charge < -0.3 is 10.6 Å². The summed E-state index contributed by atoms with van der Waals surface area (Å²) >= 11 is 0. The Bertz CT molecular complexity index is 211. The van der Waals surface area contributed by atoms with Gasteiger partial charge in [0.25, 0.3) is 0 Å². The van der Waals surface area contributed by atoms with E-state index in [4.69, 9.17) is 5.73 Å². The minimum absolute atomic E-state index is 0.0415. The van der Waals surface area contributed by atoms with Crippen LogP contribution in [0, 0.1) is 5.41 Å². The number of amides is 1. The highest BCUT2D eigenvalue weighted by atomic mass is 16.2. The number of hydrogen-bond donors (Lipinski definition) is 1. The Labute approximate surface area is 86.3 Å². The van der Waals surface area contributed by atoms with Crippen LogP contribution in [0.25, 0.3) is 0 Å². The molecular weight excluding hydrogens is 176 g/mol. The Morgan fingerprint density at radius 2 is 1.79 bits per heavy atom. The van der Waals surface area contributed by atoms with Crippen molar-refractivity contribution in [3.05, 3.63) is 25.3 Å². The maximum Gasteiger partial charge on any atom is 0.230 e. The van der Waals surface area contributed by atoms with Crippen LogP contribution >= 0.6 is 0 Å². The Kier molecular flexibility index (Phi) is 5.16. The van der Waals surface area contributed by atoms with E-state index in [0.717, 1.165) is 0 Å². The van der Waals surface area contributed by atoms with Crippen LogP contribution in [0.3, 0.4) is 0 Å². The number of hydrogen-bond acceptors (Lipinski definition) is 2. The summed E-state index contributed by atoms with van der Waals surface area (Å²) in [5, 5.41) is 0. The van der Waals surface area contributed by atoms with Gasteiger partial charge >= 0.3 is 0 Å². The lowest BCUT2D eigenvalue weighted by molar-refractivity contribution is -0.138. The van der Waals surface area contributed by atoms with Crippen molar-refractivity contribution in [3.63, 3.8) is 0 Å². The summed E-state index contributed by atoms with van der Waals surface area (Å²) < 4.78 is 0. The van der Waals surface area contributed by atoms with Crippen molar-refractivity contribution in [1.29, 1.82) is 0 Å². The van der Waals surface area contributed by atoms with Crippen LogP contribution < -0.4 is 5.73 Å². The SMILES string of the molecule is C=CCN(CC=C)C(=O)C(C)(C)CN. The monoisotopic (exact) mass is 196 g/mol. The summed E-state index contributed by atoms with van der Waals surface area (Å²) in [6.45, 7) is 12.3. The summed E-state index contributed by atoms with van der Waals surface area (Å²) in [5.74, 6) is 0.0415. The van der Waals surface area contributed by atoms with Crippen LogP contribution in [0.1, 0.15) is 13.8 Å². The predicted octanol–water partition coefficient (Wildman–Crippen LogP) is 1.17. The van der Waals surface area contributed by atoms with E-state index >= 15 is 0 Å². The molecule has 0 aliphatic rings. The Hall–Kier alpha value is -1.09. The maximum atomic E-state index is 11.9. The minimum Gasteiger partial charge on any atom is -0.335 e. The molecule has 2 N–H and O–H groups in total. The molecule has 0 spiro atoms. The smallest absolute Gasteiger partial charge is 0.230 e. The second-order valence-corrected chi connectivity index (χ2v) is 3.88. The third-order valence-electron chi connectivity index (χ3n) is 2.08. The largest absolute Gasteiger partial charge is 0.335 e. The van der Waals surface area contributed by atoms with Gasteiger partial charge in [0.2, 0.25) is 5.91 Å². The summed E-state index contributed by atoms with van der Waals surface area (Å²) in [6, 6.07) is 0. The Morgan fingerprint density at radius 3 is 2.07 bits per heavy atom. The highest BCUT2D eigenvalue weighted by Crippen LogP contribution is 2.16. The molecule has 0 radical (unpaired) electrons. The predicted molar refractivity (Wildman–Crippen MR) is 59.8 cm³/mol. The van der Waals surface area contributed by atoms with E-state index < -0.39 is 5.41 Å². The van der Waals surface area contributed by atoms with Gasteiger partial charge in [-0.05, 0) is 13.8 Å². The van der Waals surface area contributed by atoms with Gasteiger partial charge in [-0.15, -0.1) is 13.2 Å². The van der Waals surface area contributed by atoms with Gasteiger partial charge in [0.05, 0.1) is 5.41 Å². The lowest BCUT2D eigenvalue weighted by atomic mass is 9.92. The van der Waals surface area contributed by atoms with Crippen LogP contribution in [0.5, 0.6) is 0 Å². The molecule has 0 heterocycles. The molecule has 14 heavy (non-hydrogen) atoms. The number of carbonyl (C=O) groups is 1. The van der Waals surface area contributed by atoms with E-state index in [2.05, 4.69) is 13.2 Å². The molecule has 0 saturated heterocycles. The average molecular weight is 196 g/mol. The third kappa shape index (κ3) is 3.34. The fourth-order valence-corrected chi connectivity index (χ4v) is 1.07. The zero-order valence-corrected chi connectivity index (χ0v) is 9.12. The summed E-state index contributed by atoms with van der Waals surface area (Å²) in [7, 11) is 0. The number of carbonyl (C=O) groups excluding carboxylic acids is 1. The molecule has 0 aromatic carbocycles. The first kappa shape index (κ1) is 12.9. The first-order chi connectivity index (χ1) is 6.49. The highest BCUT2D eigenvalue weighted by molar-refractivity contribution is 5.82. The van der Waals surface area contributed by atoms with Crippen molar-refractivity contribution in [2.24, 2.45) is 11.1 Å². The molecule has 80 valence electrons. The van der Waals surface area contributed by atoms with Gasteiger partial charge in [-0.3, -0.25) is 4.79 Å². The minimum atomic E-state index is -0.508. The zero-order chi connectivity index (χ0) is 11.2. The van der Waals surface area contributed by atoms with Crippen molar-refractivity contribution < 1.29 is 4.79 Å². The summed E-state index contributed by atoms with van der Waals surface area (Å²) in [4.78, 5) is 13.6. The van der Waals surface area contributed by atoms with E-state index in [1.807, 2.05) is 13.8 Å². The molecule has 0 saturated carbocycles. The molecule has 0 aliphatic heterocycles. The molecular formula is C11H20N2O. The van der Waals surface area contributed by atoms with E-state index in [0.29, 0.717) is 19.6 Å². The van der Waals surface area contributed by atoms with Gasteiger partial charge in [-0.25, -0.2) is 0 Å². The van der Waals surface area contributed by atoms with Crippen LogP contribution in [0.2, 0.25) is 0 Å². The topological polar surface area (TPSA) is 46.3 Å². The van der Waals surface area contributed by atoms with Crippen molar-refractivity contribution in [3.8, 4) is 0 Å². The van der Waals surface area contributed by atoms with Crippen molar-refractivity contribution in [1.82, 2.24) is 4.90 Å². The van der Waals surface area contributed by atoms with Crippen LogP contribution in [0.15, 0.2) is 25.3 Å². The van der Waals surface area contributed by atoms with Gasteiger partial charge in [-0.2, -0.15) is 0 Å². The van der Waals surface area contributed by atoms with Gasteiger partial charge in [0.15, 0.2) is 0 Å². The molecule has 0 aromatic rings. The lowest BCUT2D eigenvalue weighted by Crippen LogP contribution is -2.44. The van der Waals surface area contributed by atoms with Crippen LogP contribution in [0.4, 0.5) is 0 Å². The van der Waals surface area contributed by atoms with E-state index in [-0.39, 0.29) is 5.91 Å². The molecule has 0 aliphatic carbocycles. The van der Waals surface area contributed by atoms with E-state index in [1.165, 1.54) is 0 Å². The summed E-state index contributed by atoms with van der Waals surface area (Å²) in [6.07, 6.45) is 3.40. The van der Waals surface area contributed by atoms with Gasteiger partial charge in [0, 0.05) is 19.6 Å². The Morgan fingerprint density at radius 1 is 1.36 bits per heavy atom. The van der Waals surface area contributed by atoms with E-state index in [1.54, 1.807) is 17.1 Å². The molecule has 0 atom stereocenters. The molecule has 0 unspecified atom stereocenters. The molecule has 0 bridgehead atoms. The molecule has 3 nitrogen and oxygen atoms in total. The van der Waals surface area contributed by atoms with E-state index in [9.17, 15) is 4.79 Å². The maximum absolute atomic E-state index is 11.9. The highest BCUT2D eigenvalue weighted by Gasteiger charge is 2.29. The number of nitrogens with two attached hydrogens (primary N) is 1. The summed E-state index contributed by atoms with van der Waals surface area (Å²) in [5.41, 5.74) is 5.03. The van der Waals surface area contributed by atoms with Gasteiger partial charge in [-0.1, -0.05) is 12.2 Å². The number of rotatable bonds is 6. The molecule has 0 rings (SSSR count). The normalized spacial score (nSPS) is 10.8. The lowest BCUT2D eigenvalue weighted by Gasteiger charge is -2.29. The molecule has 0 fully saturated rings. The van der Waals surface area contributed by atoms with Crippen molar-refractivity contribution >= 4 is 5.91 Å². The second-order valence-electron chi connectivity index (χ2n) is 3.88. The average Bonchev–Trinajstić information content (AvgIpc) is 2.16.